The van der Waals surface area contributed by atoms with Crippen molar-refractivity contribution in [1.82, 2.24) is 0 Å². The molecule has 0 saturated heterocycles. The number of hydrogen-bond donors (Lipinski definition) is 3. The van der Waals surface area contributed by atoms with Gasteiger partial charge in [0, 0.05) is 14.5 Å². The zero-order chi connectivity index (χ0) is 47.4. The number of carboxylic acid groups (broad SMARTS) is 2. The third-order valence-electron chi connectivity index (χ3n) is 10.8. The highest BCUT2D eigenvalue weighted by molar-refractivity contribution is 7.85. The van der Waals surface area contributed by atoms with E-state index in [1.54, 1.807) is 11.1 Å². The lowest BCUT2D eigenvalue weighted by Gasteiger charge is -2.28. The van der Waals surface area contributed by atoms with Crippen LogP contribution in [-0.4, -0.2) is 98.5 Å². The van der Waals surface area contributed by atoms with Crippen molar-refractivity contribution < 1.29 is 47.7 Å². The van der Waals surface area contributed by atoms with Gasteiger partial charge in [0.1, 0.15) is 0 Å². The van der Waals surface area contributed by atoms with Crippen LogP contribution in [0.3, 0.4) is 0 Å². The maximum atomic E-state index is 10.7. The van der Waals surface area contributed by atoms with E-state index in [0.29, 0.717) is 31.4 Å². The third kappa shape index (κ3) is 28.0. The van der Waals surface area contributed by atoms with Crippen molar-refractivity contribution in [3.63, 3.8) is 0 Å². The van der Waals surface area contributed by atoms with Gasteiger partial charge >= 0.3 is 0 Å². The number of ether oxygens (including phenoxy) is 1. The molecular weight excluding hydrogens is 855 g/mol. The lowest BCUT2D eigenvalue weighted by Crippen LogP contribution is -2.26. The van der Waals surface area contributed by atoms with Crippen LogP contribution < -0.4 is 10.2 Å². The van der Waals surface area contributed by atoms with Gasteiger partial charge in [0.2, 0.25) is 0 Å². The first kappa shape index (κ1) is 60.2. The van der Waals surface area contributed by atoms with Crippen LogP contribution >= 0.6 is 14.5 Å². The maximum Gasteiger partial charge on any atom is 0.294 e. The van der Waals surface area contributed by atoms with E-state index in [9.17, 15) is 28.2 Å². The molecule has 3 aromatic carbocycles. The molecule has 0 aliphatic heterocycles. The number of carbonyl (C=O) groups is 2. The van der Waals surface area contributed by atoms with E-state index in [1.165, 1.54) is 126 Å². The summed E-state index contributed by atoms with van der Waals surface area (Å²) >= 11 is 0. The molecule has 0 atom stereocenters. The summed E-state index contributed by atoms with van der Waals surface area (Å²) in [4.78, 5) is 20.1. The number of benzene rings is 3. The van der Waals surface area contributed by atoms with Crippen LogP contribution in [0.4, 0.5) is 0 Å². The monoisotopic (exact) mass is 937 g/mol. The molecule has 3 aromatic rings. The Morgan fingerprint density at radius 2 is 0.810 bits per heavy atom. The summed E-state index contributed by atoms with van der Waals surface area (Å²) in [6.07, 6.45) is 28.7. The molecule has 3 N–H and O–H groups in total. The average Bonchev–Trinajstić information content (AvgIpc) is 3.28. The molecule has 0 amide bonds. The maximum absolute atomic E-state index is 10.7. The lowest BCUT2D eigenvalue weighted by molar-refractivity contribution is -0.255. The van der Waals surface area contributed by atoms with Gasteiger partial charge in [-0.15, -0.1) is 0 Å². The molecule has 13 heteroatoms. The second-order valence-corrected chi connectivity index (χ2v) is 26.4. The molecule has 0 bridgehead atoms. The first-order chi connectivity index (χ1) is 30.1. The molecule has 0 aliphatic carbocycles. The van der Waals surface area contributed by atoms with Gasteiger partial charge in [-0.3, -0.25) is 4.55 Å². The van der Waals surface area contributed by atoms with E-state index in [-0.39, 0.29) is 13.2 Å². The summed E-state index contributed by atoms with van der Waals surface area (Å²) < 4.78 is 34.7. The van der Waals surface area contributed by atoms with Crippen LogP contribution in [0.25, 0.3) is 0 Å². The number of unbranched alkanes of at least 4 members (excludes halogenated alkanes) is 6. The van der Waals surface area contributed by atoms with Gasteiger partial charge in [0.05, 0.1) is 92.6 Å². The van der Waals surface area contributed by atoms with Gasteiger partial charge in [-0.1, -0.05) is 141 Å². The molecule has 0 heterocycles. The van der Waals surface area contributed by atoms with E-state index in [4.69, 9.17) is 14.8 Å². The molecule has 0 spiro atoms. The van der Waals surface area contributed by atoms with Crippen molar-refractivity contribution in [2.24, 2.45) is 0 Å². The number of aliphatic hydroxyl groups excluding tert-OH is 2. The normalized spacial score (nSPS) is 11.3. The molecule has 63 heavy (non-hydrogen) atoms. The number of aromatic carboxylic acids is 2. The van der Waals surface area contributed by atoms with Crippen molar-refractivity contribution in [2.45, 2.75) is 136 Å². The summed E-state index contributed by atoms with van der Waals surface area (Å²) in [5.41, 5.74) is 1.80. The fraction of sp³-hybridized carbons (Fsp3) is 0.600. The Hall–Kier alpha value is -2.75. The Labute approximate surface area is 383 Å². The van der Waals surface area contributed by atoms with E-state index >= 15 is 0 Å². The predicted octanol–water partition coefficient (Wildman–Crippen LogP) is 9.86. The Bertz CT molecular complexity index is 1560. The summed E-state index contributed by atoms with van der Waals surface area (Å²) in [7, 11) is -6.23. The highest BCUT2D eigenvalue weighted by Crippen LogP contribution is 2.64. The van der Waals surface area contributed by atoms with Crippen LogP contribution in [0, 0.1) is 0 Å². The van der Waals surface area contributed by atoms with E-state index in [0.717, 1.165) is 0 Å². The predicted molar refractivity (Wildman–Crippen MR) is 263 cm³/mol. The van der Waals surface area contributed by atoms with Crippen LogP contribution in [0.15, 0.2) is 83.8 Å². The summed E-state index contributed by atoms with van der Waals surface area (Å²) in [6, 6.07) is 24.4. The van der Waals surface area contributed by atoms with Gasteiger partial charge in [0.25, 0.3) is 10.1 Å². The molecular formula is C50H82O10P2S. The van der Waals surface area contributed by atoms with Gasteiger partial charge in [-0.05, 0) is 79.0 Å². The molecule has 0 aliphatic rings. The Morgan fingerprint density at radius 1 is 0.524 bits per heavy atom. The minimum atomic E-state index is -4.70. The van der Waals surface area contributed by atoms with E-state index in [1.807, 2.05) is 0 Å². The highest BCUT2D eigenvalue weighted by atomic mass is 32.2. The van der Waals surface area contributed by atoms with Gasteiger partial charge < -0.3 is 34.8 Å². The van der Waals surface area contributed by atoms with Crippen LogP contribution in [0.5, 0.6) is 0 Å². The molecule has 10 nitrogen and oxygen atoms in total. The smallest absolute Gasteiger partial charge is 0.294 e. The second-order valence-electron chi connectivity index (χ2n) is 16.3. The van der Waals surface area contributed by atoms with Crippen molar-refractivity contribution >= 4 is 36.6 Å². The lowest BCUT2D eigenvalue weighted by atomic mass is 10.1. The molecule has 3 rings (SSSR count). The van der Waals surface area contributed by atoms with Crippen molar-refractivity contribution in [1.29, 1.82) is 0 Å². The Kier molecular flexibility index (Phi) is 34.9. The number of hydrogen-bond acceptors (Lipinski definition) is 9. The molecule has 0 aromatic heterocycles. The summed E-state index contributed by atoms with van der Waals surface area (Å²) in [5, 5.41) is 37.1. The Balaban J connectivity index is 0.000000854. The number of aliphatic hydroxyl groups is 2. The second kappa shape index (κ2) is 36.5. The fourth-order valence-electron chi connectivity index (χ4n) is 7.26. The zero-order valence-corrected chi connectivity index (χ0v) is 42.1. The van der Waals surface area contributed by atoms with Gasteiger partial charge in [-0.2, -0.15) is 8.42 Å². The van der Waals surface area contributed by atoms with Crippen molar-refractivity contribution in [2.75, 3.05) is 63.4 Å². The van der Waals surface area contributed by atoms with Gasteiger partial charge in [0.15, 0.2) is 0 Å². The largest absolute Gasteiger partial charge is 0.545 e. The van der Waals surface area contributed by atoms with Crippen LogP contribution in [-0.2, 0) is 27.2 Å². The first-order valence-corrected chi connectivity index (χ1v) is 29.8. The molecule has 0 radical (unpaired) electrons. The zero-order valence-electron chi connectivity index (χ0n) is 39.5. The third-order valence-corrected chi connectivity index (χ3v) is 21.3. The number of carbonyl (C=O) groups excluding carboxylic acids is 2. The quantitative estimate of drug-likeness (QED) is 0.0344. The minimum absolute atomic E-state index is 0.0278. The van der Waals surface area contributed by atoms with Crippen molar-refractivity contribution in [3.8, 4) is 0 Å². The molecule has 0 fully saturated rings. The fourth-order valence-corrected chi connectivity index (χ4v) is 18.0. The average molecular weight is 937 g/mol. The molecule has 358 valence electrons. The van der Waals surface area contributed by atoms with E-state index < -0.39 is 52.6 Å². The SMILES string of the molecule is CCCC[P+](CCCC)(CCCC)Cc1ccccc1.CCCC[P+](CCCC)(CCCC)Cc1ccccc1.O=C([O-])c1cc(C(=O)[O-])cc(S(=O)(=O)O)c1.OCCOCCO. The van der Waals surface area contributed by atoms with E-state index in [2.05, 4.69) is 107 Å². The minimum Gasteiger partial charge on any atom is -0.545 e. The molecule has 0 unspecified atom stereocenters. The summed E-state index contributed by atoms with van der Waals surface area (Å²) in [5.74, 6) is -3.54. The highest BCUT2D eigenvalue weighted by Gasteiger charge is 2.36. The van der Waals surface area contributed by atoms with Crippen molar-refractivity contribution in [3.05, 3.63) is 101 Å². The Morgan fingerprint density at radius 3 is 1.03 bits per heavy atom. The standard InChI is InChI=1S/2C19H34P.C8H6O7S.C4H10O3/c2*1-4-7-15-20(16-8-5-2,17-9-6-3)18-19-13-11-10-12-14-19;9-7(10)4-1-5(8(11)12)3-6(2-4)16(13,14)15;5-1-3-7-4-2-6/h2*10-14H,4-9,15-18H2,1-3H3;1-3H,(H,9,10)(H,11,12)(H,13,14,15);5-6H,1-4H2/q2*+1;;/p-2. The van der Waals surface area contributed by atoms with Crippen LogP contribution in [0.2, 0.25) is 0 Å². The van der Waals surface area contributed by atoms with Crippen LogP contribution in [0.1, 0.15) is 150 Å². The topological polar surface area (TPSA) is 184 Å². The number of carboxylic acids is 2. The van der Waals surface area contributed by atoms with Gasteiger partial charge in [-0.25, -0.2) is 0 Å². The summed E-state index contributed by atoms with van der Waals surface area (Å²) in [6.45, 7) is 14.8. The number of rotatable bonds is 29. The molecule has 0 saturated carbocycles. The first-order valence-electron chi connectivity index (χ1n) is 23.3.